The fourth-order valence-electron chi connectivity index (χ4n) is 2.25. The van der Waals surface area contributed by atoms with Gasteiger partial charge in [0.1, 0.15) is 0 Å². The molecule has 1 saturated heterocycles. The molecule has 2 fully saturated rings. The number of hydrogen-bond donors (Lipinski definition) is 0. The third-order valence-corrected chi connectivity index (χ3v) is 3.53. The Kier molecular flexibility index (Phi) is 1.76. The molecule has 0 amide bonds. The van der Waals surface area contributed by atoms with Gasteiger partial charge in [0.2, 0.25) is 0 Å². The monoisotopic (exact) mass is 168 g/mol. The number of rotatable bonds is 0. The van der Waals surface area contributed by atoms with Gasteiger partial charge in [0.15, 0.2) is 0 Å². The average molecular weight is 168 g/mol. The van der Waals surface area contributed by atoms with E-state index in [4.69, 9.17) is 4.74 Å². The summed E-state index contributed by atoms with van der Waals surface area (Å²) in [6, 6.07) is 0. The van der Waals surface area contributed by atoms with Gasteiger partial charge in [-0.05, 0) is 37.0 Å². The van der Waals surface area contributed by atoms with Gasteiger partial charge < -0.3 is 4.74 Å². The van der Waals surface area contributed by atoms with E-state index in [1.54, 1.807) is 0 Å². The van der Waals surface area contributed by atoms with Crippen LogP contribution in [0.3, 0.4) is 0 Å². The van der Waals surface area contributed by atoms with Crippen LogP contribution in [0.1, 0.15) is 46.5 Å². The molecule has 1 aliphatic heterocycles. The molecular weight excluding hydrogens is 148 g/mol. The predicted molar refractivity (Wildman–Crippen MR) is 50.1 cm³/mol. The van der Waals surface area contributed by atoms with Crippen LogP contribution in [-0.4, -0.2) is 12.2 Å². The maximum absolute atomic E-state index is 5.80. The first-order chi connectivity index (χ1) is 5.52. The highest BCUT2D eigenvalue weighted by Crippen LogP contribution is 2.51. The first kappa shape index (κ1) is 8.55. The molecule has 1 heteroatoms. The zero-order chi connectivity index (χ0) is 8.82. The van der Waals surface area contributed by atoms with Crippen molar-refractivity contribution in [3.8, 4) is 0 Å². The lowest BCUT2D eigenvalue weighted by molar-refractivity contribution is -0.0519. The van der Waals surface area contributed by atoms with Crippen LogP contribution in [-0.2, 0) is 4.74 Å². The van der Waals surface area contributed by atoms with Crippen molar-refractivity contribution < 1.29 is 4.74 Å². The van der Waals surface area contributed by atoms with Crippen molar-refractivity contribution in [2.24, 2.45) is 11.3 Å². The summed E-state index contributed by atoms with van der Waals surface area (Å²) < 4.78 is 5.80. The van der Waals surface area contributed by atoms with Crippen LogP contribution in [0.5, 0.6) is 0 Å². The lowest BCUT2D eigenvalue weighted by Crippen LogP contribution is -2.34. The highest BCUT2D eigenvalue weighted by atomic mass is 16.5. The van der Waals surface area contributed by atoms with Crippen molar-refractivity contribution in [2.75, 3.05) is 6.61 Å². The molecule has 12 heavy (non-hydrogen) atoms. The molecule has 2 rings (SSSR count). The summed E-state index contributed by atoms with van der Waals surface area (Å²) in [5.74, 6) is 0.883. The summed E-state index contributed by atoms with van der Waals surface area (Å²) in [6.07, 6.45) is 5.22. The Balaban J connectivity index is 1.99. The van der Waals surface area contributed by atoms with Crippen LogP contribution in [0.25, 0.3) is 0 Å². The molecule has 0 aromatic carbocycles. The van der Waals surface area contributed by atoms with Gasteiger partial charge in [0.25, 0.3) is 0 Å². The molecule has 0 aromatic rings. The van der Waals surface area contributed by atoms with Gasteiger partial charge >= 0.3 is 0 Å². The van der Waals surface area contributed by atoms with Crippen LogP contribution in [0.2, 0.25) is 0 Å². The third-order valence-electron chi connectivity index (χ3n) is 3.53. The number of ether oxygens (including phenoxy) is 1. The van der Waals surface area contributed by atoms with E-state index in [2.05, 4.69) is 20.8 Å². The van der Waals surface area contributed by atoms with Crippen LogP contribution in [0, 0.1) is 11.3 Å². The van der Waals surface area contributed by atoms with E-state index in [9.17, 15) is 0 Å². The summed E-state index contributed by atoms with van der Waals surface area (Å²) in [7, 11) is 0. The molecule has 0 bridgehead atoms. The van der Waals surface area contributed by atoms with Gasteiger partial charge in [0.05, 0.1) is 5.60 Å². The van der Waals surface area contributed by atoms with Gasteiger partial charge in [0, 0.05) is 6.61 Å². The Morgan fingerprint density at radius 3 is 2.42 bits per heavy atom. The molecule has 1 nitrogen and oxygen atoms in total. The minimum atomic E-state index is 0.357. The van der Waals surface area contributed by atoms with Gasteiger partial charge in [-0.15, -0.1) is 0 Å². The maximum atomic E-state index is 5.80. The van der Waals surface area contributed by atoms with Gasteiger partial charge in [-0.1, -0.05) is 20.8 Å². The molecule has 1 spiro atoms. The molecule has 0 aromatic heterocycles. The first-order valence-electron chi connectivity index (χ1n) is 5.16. The fourth-order valence-corrected chi connectivity index (χ4v) is 2.25. The SMILES string of the molecule is CC(C)(C)[C@H]1CCOC2(CC2)C1. The third kappa shape index (κ3) is 1.52. The molecule has 0 radical (unpaired) electrons. The topological polar surface area (TPSA) is 9.23 Å². The molecule has 1 aliphatic carbocycles. The largest absolute Gasteiger partial charge is 0.375 e. The van der Waals surface area contributed by atoms with E-state index >= 15 is 0 Å². The Hall–Kier alpha value is -0.0400. The summed E-state index contributed by atoms with van der Waals surface area (Å²) in [5, 5.41) is 0. The maximum Gasteiger partial charge on any atom is 0.0687 e. The molecule has 1 atom stereocenters. The molecule has 1 heterocycles. The highest BCUT2D eigenvalue weighted by molar-refractivity contribution is 5.00. The van der Waals surface area contributed by atoms with Gasteiger partial charge in [-0.25, -0.2) is 0 Å². The molecule has 0 N–H and O–H groups in total. The van der Waals surface area contributed by atoms with Crippen molar-refractivity contribution in [3.63, 3.8) is 0 Å². The zero-order valence-corrected chi connectivity index (χ0v) is 8.52. The predicted octanol–water partition coefficient (Wildman–Crippen LogP) is 2.99. The summed E-state index contributed by atoms with van der Waals surface area (Å²) >= 11 is 0. The van der Waals surface area contributed by atoms with Crippen LogP contribution < -0.4 is 0 Å². The van der Waals surface area contributed by atoms with E-state index in [1.165, 1.54) is 25.7 Å². The van der Waals surface area contributed by atoms with Gasteiger partial charge in [-0.2, -0.15) is 0 Å². The van der Waals surface area contributed by atoms with Crippen LogP contribution in [0.15, 0.2) is 0 Å². The fraction of sp³-hybridized carbons (Fsp3) is 1.00. The standard InChI is InChI=1S/C11H20O/c1-10(2,3)9-4-7-12-11(8-9)5-6-11/h9H,4-8H2,1-3H3/t9-/m0/s1. The Morgan fingerprint density at radius 1 is 1.25 bits per heavy atom. The molecule has 0 unspecified atom stereocenters. The molecule has 1 saturated carbocycles. The zero-order valence-electron chi connectivity index (χ0n) is 8.52. The van der Waals surface area contributed by atoms with Gasteiger partial charge in [-0.3, -0.25) is 0 Å². The highest BCUT2D eigenvalue weighted by Gasteiger charge is 2.49. The first-order valence-corrected chi connectivity index (χ1v) is 5.16. The van der Waals surface area contributed by atoms with Crippen molar-refractivity contribution in [1.29, 1.82) is 0 Å². The molecular formula is C11H20O. The smallest absolute Gasteiger partial charge is 0.0687 e. The van der Waals surface area contributed by atoms with Crippen LogP contribution in [0.4, 0.5) is 0 Å². The second-order valence-electron chi connectivity index (χ2n) is 5.59. The minimum Gasteiger partial charge on any atom is -0.375 e. The van der Waals surface area contributed by atoms with E-state index in [0.29, 0.717) is 11.0 Å². The second kappa shape index (κ2) is 2.47. The Morgan fingerprint density at radius 2 is 1.92 bits per heavy atom. The Bertz CT molecular complexity index is 174. The lowest BCUT2D eigenvalue weighted by atomic mass is 9.74. The Labute approximate surface area is 75.5 Å². The normalized spacial score (nSPS) is 33.8. The quantitative estimate of drug-likeness (QED) is 0.540. The average Bonchev–Trinajstić information content (AvgIpc) is 2.68. The van der Waals surface area contributed by atoms with Crippen molar-refractivity contribution in [3.05, 3.63) is 0 Å². The molecule has 2 aliphatic rings. The summed E-state index contributed by atoms with van der Waals surface area (Å²) in [5.41, 5.74) is 0.843. The lowest BCUT2D eigenvalue weighted by Gasteiger charge is -2.38. The van der Waals surface area contributed by atoms with E-state index < -0.39 is 0 Å². The van der Waals surface area contributed by atoms with Crippen molar-refractivity contribution >= 4 is 0 Å². The van der Waals surface area contributed by atoms with E-state index in [1.807, 2.05) is 0 Å². The van der Waals surface area contributed by atoms with E-state index in [-0.39, 0.29) is 0 Å². The van der Waals surface area contributed by atoms with E-state index in [0.717, 1.165) is 12.5 Å². The second-order valence-corrected chi connectivity index (χ2v) is 5.59. The van der Waals surface area contributed by atoms with Crippen molar-refractivity contribution in [1.82, 2.24) is 0 Å². The molecule has 70 valence electrons. The summed E-state index contributed by atoms with van der Waals surface area (Å²) in [4.78, 5) is 0. The van der Waals surface area contributed by atoms with Crippen LogP contribution >= 0.6 is 0 Å². The summed E-state index contributed by atoms with van der Waals surface area (Å²) in [6.45, 7) is 8.08. The minimum absolute atomic E-state index is 0.357. The number of hydrogen-bond acceptors (Lipinski definition) is 1. The van der Waals surface area contributed by atoms with Crippen molar-refractivity contribution in [2.45, 2.75) is 52.1 Å².